The highest BCUT2D eigenvalue weighted by Gasteiger charge is 2.12. The van der Waals surface area contributed by atoms with E-state index in [4.69, 9.17) is 5.11 Å². The van der Waals surface area contributed by atoms with Crippen LogP contribution in [0.4, 0.5) is 0 Å². The molecule has 1 atom stereocenters. The quantitative estimate of drug-likeness (QED) is 0.839. The van der Waals surface area contributed by atoms with Crippen LogP contribution in [-0.4, -0.2) is 10.2 Å². The molecule has 1 unspecified atom stereocenters. The second-order valence-corrected chi connectivity index (χ2v) is 5.86. The van der Waals surface area contributed by atoms with Crippen LogP contribution in [0.25, 0.3) is 0 Å². The molecule has 0 aliphatic carbocycles. The van der Waals surface area contributed by atoms with Gasteiger partial charge in [0.2, 0.25) is 0 Å². The molecule has 0 saturated carbocycles. The maximum Gasteiger partial charge on any atom is 0.113 e. The van der Waals surface area contributed by atoms with Gasteiger partial charge >= 0.3 is 0 Å². The molecule has 0 amide bonds. The van der Waals surface area contributed by atoms with Crippen LogP contribution in [0.1, 0.15) is 21.4 Å². The van der Waals surface area contributed by atoms with Gasteiger partial charge in [0.25, 0.3) is 0 Å². The summed E-state index contributed by atoms with van der Waals surface area (Å²) >= 11 is 3.67. The van der Waals surface area contributed by atoms with E-state index in [1.54, 1.807) is 0 Å². The monoisotopic (exact) mass is 346 g/mol. The Hall–Kier alpha value is -0.430. The molecule has 0 radical (unpaired) electrons. The minimum atomic E-state index is -0.595. The van der Waals surface area contributed by atoms with Crippen molar-refractivity contribution in [1.82, 2.24) is 0 Å². The molecular formula is C12H11IO2S. The number of aliphatic hydroxyl groups excluding tert-OH is 2. The minimum Gasteiger partial charge on any atom is -0.391 e. The van der Waals surface area contributed by atoms with Crippen LogP contribution in [0.2, 0.25) is 0 Å². The molecule has 84 valence electrons. The molecule has 0 aliphatic rings. The molecule has 4 heteroatoms. The molecule has 2 N–H and O–H groups in total. The van der Waals surface area contributed by atoms with Gasteiger partial charge in [-0.2, -0.15) is 0 Å². The largest absolute Gasteiger partial charge is 0.391 e. The molecule has 0 spiro atoms. The van der Waals surface area contributed by atoms with Crippen LogP contribution in [0, 0.1) is 3.57 Å². The predicted octanol–water partition coefficient (Wildman–Crippen LogP) is 2.93. The first-order chi connectivity index (χ1) is 7.70. The van der Waals surface area contributed by atoms with Crippen molar-refractivity contribution in [3.8, 4) is 0 Å². The molecule has 0 aliphatic heterocycles. The van der Waals surface area contributed by atoms with Crippen molar-refractivity contribution < 1.29 is 10.2 Å². The zero-order valence-corrected chi connectivity index (χ0v) is 11.4. The third kappa shape index (κ3) is 2.63. The molecule has 1 aromatic heterocycles. The lowest BCUT2D eigenvalue weighted by Crippen LogP contribution is -1.96. The average Bonchev–Trinajstić information content (AvgIpc) is 2.77. The number of hydrogen-bond donors (Lipinski definition) is 2. The molecule has 0 bridgehead atoms. The average molecular weight is 346 g/mol. The maximum atomic E-state index is 10.1. The standard InChI is InChI=1S/C12H11IO2S/c13-9-3-1-8(2-4-9)12(15)11-6-5-10(7-14)16-11/h1-6,12,14-15H,7H2. The highest BCUT2D eigenvalue weighted by Crippen LogP contribution is 2.28. The lowest BCUT2D eigenvalue weighted by atomic mass is 10.1. The zero-order valence-electron chi connectivity index (χ0n) is 8.43. The molecule has 16 heavy (non-hydrogen) atoms. The minimum absolute atomic E-state index is 0.0318. The molecule has 2 nitrogen and oxygen atoms in total. The first-order valence-electron chi connectivity index (χ1n) is 4.83. The van der Waals surface area contributed by atoms with E-state index < -0.39 is 6.10 Å². The number of benzene rings is 1. The van der Waals surface area contributed by atoms with Crippen LogP contribution in [0.15, 0.2) is 36.4 Å². The van der Waals surface area contributed by atoms with Crippen molar-refractivity contribution in [2.45, 2.75) is 12.7 Å². The SMILES string of the molecule is OCc1ccc(C(O)c2ccc(I)cc2)s1. The summed E-state index contributed by atoms with van der Waals surface area (Å²) in [5, 5.41) is 19.1. The Kier molecular flexibility index (Phi) is 3.96. The van der Waals surface area contributed by atoms with Crippen LogP contribution in [0.3, 0.4) is 0 Å². The number of halogens is 1. The van der Waals surface area contributed by atoms with Crippen molar-refractivity contribution in [3.63, 3.8) is 0 Å². The van der Waals surface area contributed by atoms with Crippen LogP contribution in [0.5, 0.6) is 0 Å². The van der Waals surface area contributed by atoms with Crippen molar-refractivity contribution in [2.75, 3.05) is 0 Å². The van der Waals surface area contributed by atoms with E-state index in [0.717, 1.165) is 18.9 Å². The summed E-state index contributed by atoms with van der Waals surface area (Å²) in [6, 6.07) is 11.5. The molecule has 1 aromatic carbocycles. The Morgan fingerprint density at radius 3 is 2.38 bits per heavy atom. The summed E-state index contributed by atoms with van der Waals surface area (Å²) in [6.07, 6.45) is -0.595. The highest BCUT2D eigenvalue weighted by molar-refractivity contribution is 14.1. The summed E-state index contributed by atoms with van der Waals surface area (Å²) in [5.41, 5.74) is 0.881. The lowest BCUT2D eigenvalue weighted by Gasteiger charge is -2.08. The zero-order chi connectivity index (χ0) is 11.5. The summed E-state index contributed by atoms with van der Waals surface area (Å²) in [5.74, 6) is 0. The van der Waals surface area contributed by atoms with Gasteiger partial charge in [-0.1, -0.05) is 12.1 Å². The van der Waals surface area contributed by atoms with E-state index in [-0.39, 0.29) is 6.61 Å². The van der Waals surface area contributed by atoms with Crippen molar-refractivity contribution in [1.29, 1.82) is 0 Å². The molecule has 2 aromatic rings. The van der Waals surface area contributed by atoms with Gasteiger partial charge in [0, 0.05) is 13.3 Å². The van der Waals surface area contributed by atoms with Crippen molar-refractivity contribution >= 4 is 33.9 Å². The topological polar surface area (TPSA) is 40.5 Å². The van der Waals surface area contributed by atoms with Gasteiger partial charge in [-0.3, -0.25) is 0 Å². The highest BCUT2D eigenvalue weighted by atomic mass is 127. The van der Waals surface area contributed by atoms with E-state index in [1.165, 1.54) is 11.3 Å². The third-order valence-electron chi connectivity index (χ3n) is 2.29. The van der Waals surface area contributed by atoms with Gasteiger partial charge in [0.15, 0.2) is 0 Å². The van der Waals surface area contributed by atoms with Gasteiger partial charge in [0.1, 0.15) is 6.10 Å². The Morgan fingerprint density at radius 1 is 1.12 bits per heavy atom. The summed E-state index contributed by atoms with van der Waals surface area (Å²) in [6.45, 7) is 0.0318. The maximum absolute atomic E-state index is 10.1. The fourth-order valence-corrected chi connectivity index (χ4v) is 2.68. The second-order valence-electron chi connectivity index (χ2n) is 3.42. The smallest absolute Gasteiger partial charge is 0.113 e. The van der Waals surface area contributed by atoms with E-state index in [2.05, 4.69) is 22.6 Å². The van der Waals surface area contributed by atoms with Crippen LogP contribution >= 0.6 is 33.9 Å². The first-order valence-corrected chi connectivity index (χ1v) is 6.73. The number of hydrogen-bond acceptors (Lipinski definition) is 3. The van der Waals surface area contributed by atoms with Gasteiger partial charge in [0.05, 0.1) is 6.61 Å². The van der Waals surface area contributed by atoms with Crippen molar-refractivity contribution in [2.24, 2.45) is 0 Å². The normalized spacial score (nSPS) is 12.7. The number of aliphatic hydroxyl groups is 2. The fraction of sp³-hybridized carbons (Fsp3) is 0.167. The Morgan fingerprint density at radius 2 is 1.81 bits per heavy atom. The lowest BCUT2D eigenvalue weighted by molar-refractivity contribution is 0.224. The van der Waals surface area contributed by atoms with Gasteiger partial charge in [-0.25, -0.2) is 0 Å². The van der Waals surface area contributed by atoms with Crippen molar-refractivity contribution in [3.05, 3.63) is 55.3 Å². The Bertz CT molecular complexity index is 464. The Labute approximate surface area is 112 Å². The van der Waals surface area contributed by atoms with E-state index in [9.17, 15) is 5.11 Å². The van der Waals surface area contributed by atoms with Gasteiger partial charge in [-0.15, -0.1) is 11.3 Å². The number of thiophene rings is 1. The molecular weight excluding hydrogens is 335 g/mol. The summed E-state index contributed by atoms with van der Waals surface area (Å²) in [7, 11) is 0. The van der Waals surface area contributed by atoms with Crippen LogP contribution < -0.4 is 0 Å². The molecule has 1 heterocycles. The fourth-order valence-electron chi connectivity index (χ4n) is 1.44. The van der Waals surface area contributed by atoms with E-state index in [0.29, 0.717) is 0 Å². The molecule has 2 rings (SSSR count). The van der Waals surface area contributed by atoms with Gasteiger partial charge < -0.3 is 10.2 Å². The van der Waals surface area contributed by atoms with E-state index in [1.807, 2.05) is 36.4 Å². The predicted molar refractivity (Wildman–Crippen MR) is 73.5 cm³/mol. The second kappa shape index (κ2) is 5.27. The Balaban J connectivity index is 2.24. The van der Waals surface area contributed by atoms with E-state index >= 15 is 0 Å². The summed E-state index contributed by atoms with van der Waals surface area (Å²) < 4.78 is 1.15. The van der Waals surface area contributed by atoms with Gasteiger partial charge in [-0.05, 0) is 52.4 Å². The van der Waals surface area contributed by atoms with Crippen LogP contribution in [-0.2, 0) is 6.61 Å². The molecule has 0 saturated heterocycles. The first kappa shape index (κ1) is 12.0. The third-order valence-corrected chi connectivity index (χ3v) is 4.14. The summed E-state index contributed by atoms with van der Waals surface area (Å²) in [4.78, 5) is 1.74. The number of rotatable bonds is 3. The molecule has 0 fully saturated rings.